The maximum absolute atomic E-state index is 5.64. The second kappa shape index (κ2) is 7.61. The molecular formula is C16H26N2O. The predicted octanol–water partition coefficient (Wildman–Crippen LogP) is 2.81. The smallest absolute Gasteiger partial charge is 0.0580 e. The van der Waals surface area contributed by atoms with Crippen molar-refractivity contribution in [1.29, 1.82) is 0 Å². The zero-order valence-corrected chi connectivity index (χ0v) is 12.1. The monoisotopic (exact) mass is 262 g/mol. The van der Waals surface area contributed by atoms with E-state index < -0.39 is 0 Å². The van der Waals surface area contributed by atoms with E-state index in [0.29, 0.717) is 12.1 Å². The first-order valence-corrected chi connectivity index (χ1v) is 7.55. The zero-order valence-electron chi connectivity index (χ0n) is 12.1. The number of aromatic nitrogens is 1. The molecule has 0 aromatic carbocycles. The molecule has 0 saturated heterocycles. The Labute approximate surface area is 116 Å². The third kappa shape index (κ3) is 4.59. The van der Waals surface area contributed by atoms with Gasteiger partial charge in [-0.25, -0.2) is 0 Å². The van der Waals surface area contributed by atoms with Crippen LogP contribution in [-0.4, -0.2) is 30.3 Å². The van der Waals surface area contributed by atoms with E-state index in [4.69, 9.17) is 4.74 Å². The summed E-state index contributed by atoms with van der Waals surface area (Å²) in [4.78, 5) is 4.20. The third-order valence-corrected chi connectivity index (χ3v) is 3.91. The second-order valence-electron chi connectivity index (χ2n) is 5.47. The van der Waals surface area contributed by atoms with Crippen LogP contribution < -0.4 is 5.32 Å². The number of hydrogen-bond acceptors (Lipinski definition) is 3. The van der Waals surface area contributed by atoms with Crippen molar-refractivity contribution in [2.24, 2.45) is 5.92 Å². The lowest BCUT2D eigenvalue weighted by Crippen LogP contribution is -2.39. The minimum absolute atomic E-state index is 0.524. The van der Waals surface area contributed by atoms with Gasteiger partial charge >= 0.3 is 0 Å². The molecule has 3 heteroatoms. The Bertz CT molecular complexity index is 349. The first-order chi connectivity index (χ1) is 9.31. The van der Waals surface area contributed by atoms with Crippen LogP contribution in [0.2, 0.25) is 0 Å². The number of likely N-dealkylation sites (N-methyl/N-ethyl adjacent to an activating group) is 1. The summed E-state index contributed by atoms with van der Waals surface area (Å²) in [5.74, 6) is 0.831. The summed E-state index contributed by atoms with van der Waals surface area (Å²) in [6.45, 7) is 6.15. The standard InChI is InChI=1S/C16H26N2O/c1-3-18-15(8-13-6-5-7-17-12-13)9-14-10-16(11-14)19-4-2/h5-7,12,14-16,18H,3-4,8-11H2,1-2H3. The zero-order chi connectivity index (χ0) is 13.5. The van der Waals surface area contributed by atoms with Crippen LogP contribution in [0.15, 0.2) is 24.5 Å². The van der Waals surface area contributed by atoms with Crippen molar-refractivity contribution in [3.8, 4) is 0 Å². The first-order valence-electron chi connectivity index (χ1n) is 7.55. The summed E-state index contributed by atoms with van der Waals surface area (Å²) in [5, 5.41) is 3.61. The largest absolute Gasteiger partial charge is 0.378 e. The van der Waals surface area contributed by atoms with Crippen molar-refractivity contribution < 1.29 is 4.74 Å². The van der Waals surface area contributed by atoms with E-state index in [9.17, 15) is 0 Å². The van der Waals surface area contributed by atoms with E-state index in [1.165, 1.54) is 24.8 Å². The second-order valence-corrected chi connectivity index (χ2v) is 5.47. The molecule has 1 fully saturated rings. The summed E-state index contributed by atoms with van der Waals surface area (Å²) in [5.41, 5.74) is 1.33. The van der Waals surface area contributed by atoms with Crippen molar-refractivity contribution in [1.82, 2.24) is 10.3 Å². The Hall–Kier alpha value is -0.930. The van der Waals surface area contributed by atoms with E-state index in [2.05, 4.69) is 30.2 Å². The van der Waals surface area contributed by atoms with Crippen LogP contribution in [0.25, 0.3) is 0 Å². The van der Waals surface area contributed by atoms with Gasteiger partial charge in [0, 0.05) is 25.0 Å². The lowest BCUT2D eigenvalue weighted by atomic mass is 9.77. The van der Waals surface area contributed by atoms with Crippen LogP contribution in [0, 0.1) is 5.92 Å². The molecule has 1 atom stereocenters. The highest BCUT2D eigenvalue weighted by Gasteiger charge is 2.31. The van der Waals surface area contributed by atoms with E-state index in [1.54, 1.807) is 0 Å². The molecule has 0 aliphatic heterocycles. The molecule has 0 spiro atoms. The molecule has 1 aromatic rings. The topological polar surface area (TPSA) is 34.2 Å². The molecule has 1 saturated carbocycles. The summed E-state index contributed by atoms with van der Waals surface area (Å²) in [6.07, 6.45) is 9.16. The fourth-order valence-corrected chi connectivity index (χ4v) is 2.97. The van der Waals surface area contributed by atoms with Crippen LogP contribution >= 0.6 is 0 Å². The molecule has 19 heavy (non-hydrogen) atoms. The fourth-order valence-electron chi connectivity index (χ4n) is 2.97. The van der Waals surface area contributed by atoms with E-state index in [-0.39, 0.29) is 0 Å². The van der Waals surface area contributed by atoms with Gasteiger partial charge in [0.2, 0.25) is 0 Å². The maximum atomic E-state index is 5.64. The summed E-state index contributed by atoms with van der Waals surface area (Å²) < 4.78 is 5.64. The number of nitrogens with zero attached hydrogens (tertiary/aromatic N) is 1. The van der Waals surface area contributed by atoms with Gasteiger partial charge in [-0.3, -0.25) is 4.98 Å². The number of nitrogens with one attached hydrogen (secondary N) is 1. The molecule has 1 aromatic heterocycles. The quantitative estimate of drug-likeness (QED) is 0.782. The summed E-state index contributed by atoms with van der Waals surface area (Å²) in [7, 11) is 0. The molecule has 0 amide bonds. The number of rotatable bonds is 8. The highest BCUT2D eigenvalue weighted by Crippen LogP contribution is 2.34. The van der Waals surface area contributed by atoms with Gasteiger partial charge in [0.15, 0.2) is 0 Å². The van der Waals surface area contributed by atoms with Crippen LogP contribution in [0.4, 0.5) is 0 Å². The van der Waals surface area contributed by atoms with Crippen molar-refractivity contribution in [2.45, 2.75) is 51.7 Å². The number of hydrogen-bond donors (Lipinski definition) is 1. The van der Waals surface area contributed by atoms with Gasteiger partial charge in [0.25, 0.3) is 0 Å². The van der Waals surface area contributed by atoms with Crippen LogP contribution in [0.5, 0.6) is 0 Å². The normalized spacial score (nSPS) is 23.9. The van der Waals surface area contributed by atoms with E-state index >= 15 is 0 Å². The predicted molar refractivity (Wildman–Crippen MR) is 78.2 cm³/mol. The number of pyridine rings is 1. The van der Waals surface area contributed by atoms with Crippen molar-refractivity contribution in [3.63, 3.8) is 0 Å². The fraction of sp³-hybridized carbons (Fsp3) is 0.688. The van der Waals surface area contributed by atoms with Gasteiger partial charge in [-0.2, -0.15) is 0 Å². The minimum Gasteiger partial charge on any atom is -0.378 e. The van der Waals surface area contributed by atoms with Crippen molar-refractivity contribution >= 4 is 0 Å². The molecule has 1 N–H and O–H groups in total. The van der Waals surface area contributed by atoms with Crippen LogP contribution in [0.1, 0.15) is 38.7 Å². The van der Waals surface area contributed by atoms with Crippen LogP contribution in [0.3, 0.4) is 0 Å². The van der Waals surface area contributed by atoms with E-state index in [0.717, 1.165) is 25.5 Å². The average molecular weight is 262 g/mol. The molecule has 1 aliphatic carbocycles. The Morgan fingerprint density at radius 2 is 2.26 bits per heavy atom. The molecule has 1 unspecified atom stereocenters. The lowest BCUT2D eigenvalue weighted by molar-refractivity contribution is -0.0289. The average Bonchev–Trinajstić information content (AvgIpc) is 2.38. The molecular weight excluding hydrogens is 236 g/mol. The molecule has 1 heterocycles. The van der Waals surface area contributed by atoms with Crippen molar-refractivity contribution in [3.05, 3.63) is 30.1 Å². The maximum Gasteiger partial charge on any atom is 0.0580 e. The Morgan fingerprint density at radius 1 is 1.42 bits per heavy atom. The first kappa shape index (κ1) is 14.5. The minimum atomic E-state index is 0.524. The van der Waals surface area contributed by atoms with Gasteiger partial charge in [0.05, 0.1) is 6.10 Å². The van der Waals surface area contributed by atoms with Crippen LogP contribution in [-0.2, 0) is 11.2 Å². The molecule has 1 aliphatic rings. The third-order valence-electron chi connectivity index (χ3n) is 3.91. The van der Waals surface area contributed by atoms with Gasteiger partial charge in [-0.15, -0.1) is 0 Å². The van der Waals surface area contributed by atoms with E-state index in [1.807, 2.05) is 18.5 Å². The highest BCUT2D eigenvalue weighted by atomic mass is 16.5. The molecule has 0 bridgehead atoms. The Balaban J connectivity index is 1.77. The number of ether oxygens (including phenoxy) is 1. The SMILES string of the molecule is CCNC(Cc1cccnc1)CC1CC(OCC)C1. The highest BCUT2D eigenvalue weighted by molar-refractivity contribution is 5.10. The molecule has 3 nitrogen and oxygen atoms in total. The van der Waals surface area contributed by atoms with Gasteiger partial charge in [-0.1, -0.05) is 13.0 Å². The Kier molecular flexibility index (Phi) is 5.80. The van der Waals surface area contributed by atoms with Gasteiger partial charge < -0.3 is 10.1 Å². The van der Waals surface area contributed by atoms with Gasteiger partial charge in [-0.05, 0) is 56.7 Å². The Morgan fingerprint density at radius 3 is 2.89 bits per heavy atom. The molecule has 0 radical (unpaired) electrons. The summed E-state index contributed by atoms with van der Waals surface area (Å²) in [6, 6.07) is 4.76. The summed E-state index contributed by atoms with van der Waals surface area (Å²) >= 11 is 0. The lowest BCUT2D eigenvalue weighted by Gasteiger charge is -2.37. The molecule has 2 rings (SSSR count). The molecule has 106 valence electrons. The van der Waals surface area contributed by atoms with Crippen molar-refractivity contribution in [2.75, 3.05) is 13.2 Å². The van der Waals surface area contributed by atoms with Gasteiger partial charge in [0.1, 0.15) is 0 Å².